The molecule has 1 saturated heterocycles. The first-order chi connectivity index (χ1) is 10.9. The Kier molecular flexibility index (Phi) is 5.11. The van der Waals surface area contributed by atoms with E-state index in [0.29, 0.717) is 12.8 Å². The van der Waals surface area contributed by atoms with Crippen LogP contribution in [0.1, 0.15) is 29.6 Å². The number of ketones is 1. The van der Waals surface area contributed by atoms with Gasteiger partial charge in [0, 0.05) is 25.9 Å². The number of Topliss-reactive ketones (excluding diaryl/α,β-unsaturated/α-hetero) is 1. The number of piperidine rings is 1. The molecule has 1 N–H and O–H groups in total. The molecule has 1 aromatic rings. The van der Waals surface area contributed by atoms with Gasteiger partial charge >= 0.3 is 6.09 Å². The van der Waals surface area contributed by atoms with Gasteiger partial charge in [0.2, 0.25) is 5.82 Å². The van der Waals surface area contributed by atoms with E-state index >= 15 is 0 Å². The normalized spacial score (nSPS) is 15.1. The highest BCUT2D eigenvalue weighted by Gasteiger charge is 2.26. The maximum absolute atomic E-state index is 14.0. The molecule has 122 valence electrons. The predicted octanol–water partition coefficient (Wildman–Crippen LogP) is 2.58. The van der Waals surface area contributed by atoms with Gasteiger partial charge in [-0.2, -0.15) is 9.65 Å². The summed E-state index contributed by atoms with van der Waals surface area (Å²) in [4.78, 5) is 23.5. The lowest BCUT2D eigenvalue weighted by Gasteiger charge is -2.30. The molecule has 8 heteroatoms. The molecular weight excluding hydrogens is 310 g/mol. The van der Waals surface area contributed by atoms with Gasteiger partial charge < -0.3 is 14.7 Å². The van der Waals surface area contributed by atoms with Crippen LogP contribution in [0.3, 0.4) is 0 Å². The summed E-state index contributed by atoms with van der Waals surface area (Å²) in [5.74, 6) is -3.75. The second-order valence-corrected chi connectivity index (χ2v) is 5.08. The third kappa shape index (κ3) is 3.74. The summed E-state index contributed by atoms with van der Waals surface area (Å²) in [6.07, 6.45) is -1.27. The van der Waals surface area contributed by atoms with Crippen molar-refractivity contribution in [2.24, 2.45) is 0 Å². The third-order valence-corrected chi connectivity index (χ3v) is 3.59. The molecule has 1 aliphatic heterocycles. The van der Waals surface area contributed by atoms with Gasteiger partial charge in [-0.15, -0.1) is 0 Å². The highest BCUT2D eigenvalue weighted by atomic mass is 19.2. The largest absolute Gasteiger partial charge is 0.487 e. The second kappa shape index (κ2) is 7.05. The number of likely N-dealkylation sites (tertiary alicyclic amines) is 1. The van der Waals surface area contributed by atoms with Crippen LogP contribution in [0.5, 0.6) is 5.75 Å². The molecule has 0 unspecified atom stereocenters. The number of hydrogen-bond acceptors (Lipinski definition) is 4. The van der Waals surface area contributed by atoms with Gasteiger partial charge in [0.25, 0.3) is 0 Å². The smallest absolute Gasteiger partial charge is 0.407 e. The number of amides is 1. The fraction of sp³-hybridized carbons (Fsp3) is 0.400. The number of carbonyl (C=O) groups is 2. The molecule has 6 nitrogen and oxygen atoms in total. The van der Waals surface area contributed by atoms with Crippen molar-refractivity contribution in [3.05, 3.63) is 29.3 Å². The standard InChI is InChI=1S/C15H14F2N2O4/c16-13-10(11(20)3-6-18)1-2-12(14(13)17)23-9-4-7-19(8-5-9)15(21)22/h1-2,9H,3-5,7-8H2,(H,21,22). The van der Waals surface area contributed by atoms with Gasteiger partial charge in [0.05, 0.1) is 18.1 Å². The van der Waals surface area contributed by atoms with E-state index in [0.717, 1.165) is 12.1 Å². The molecular formula is C15H14F2N2O4. The summed E-state index contributed by atoms with van der Waals surface area (Å²) in [5.41, 5.74) is -0.489. The summed E-state index contributed by atoms with van der Waals surface area (Å²) in [6.45, 7) is 0.506. The number of ether oxygens (including phenoxy) is 1. The zero-order chi connectivity index (χ0) is 17.0. The van der Waals surface area contributed by atoms with E-state index < -0.39 is 41.6 Å². The zero-order valence-corrected chi connectivity index (χ0v) is 12.1. The van der Waals surface area contributed by atoms with Crippen LogP contribution in [-0.2, 0) is 0 Å². The molecule has 2 rings (SSSR count). The molecule has 1 aromatic carbocycles. The minimum Gasteiger partial charge on any atom is -0.487 e. The maximum atomic E-state index is 14.0. The van der Waals surface area contributed by atoms with E-state index in [9.17, 15) is 18.4 Å². The second-order valence-electron chi connectivity index (χ2n) is 5.08. The molecule has 0 bridgehead atoms. The molecule has 0 aromatic heterocycles. The van der Waals surface area contributed by atoms with Crippen LogP contribution in [0.4, 0.5) is 13.6 Å². The van der Waals surface area contributed by atoms with Crippen LogP contribution in [0.15, 0.2) is 12.1 Å². The van der Waals surface area contributed by atoms with Crippen LogP contribution in [-0.4, -0.2) is 41.1 Å². The van der Waals surface area contributed by atoms with E-state index in [-0.39, 0.29) is 18.8 Å². The van der Waals surface area contributed by atoms with Crippen LogP contribution >= 0.6 is 0 Å². The molecule has 1 fully saturated rings. The summed E-state index contributed by atoms with van der Waals surface area (Å²) in [6, 6.07) is 3.81. The van der Waals surface area contributed by atoms with Crippen molar-refractivity contribution in [1.29, 1.82) is 5.26 Å². The first-order valence-corrected chi connectivity index (χ1v) is 6.96. The number of carboxylic acid groups (broad SMARTS) is 1. The Morgan fingerprint density at radius 3 is 2.52 bits per heavy atom. The van der Waals surface area contributed by atoms with Gasteiger partial charge in [-0.05, 0) is 12.1 Å². The molecule has 1 aliphatic rings. The van der Waals surface area contributed by atoms with E-state index in [2.05, 4.69) is 0 Å². The molecule has 0 spiro atoms. The molecule has 1 heterocycles. The third-order valence-electron chi connectivity index (χ3n) is 3.59. The molecule has 0 saturated carbocycles. The van der Waals surface area contributed by atoms with Crippen LogP contribution in [0.2, 0.25) is 0 Å². The number of nitrogens with zero attached hydrogens (tertiary/aromatic N) is 2. The van der Waals surface area contributed by atoms with E-state index in [1.165, 1.54) is 4.90 Å². The summed E-state index contributed by atoms with van der Waals surface area (Å²) >= 11 is 0. The monoisotopic (exact) mass is 324 g/mol. The minimum absolute atomic E-state index is 0.253. The van der Waals surface area contributed by atoms with E-state index in [1.807, 2.05) is 0 Å². The highest BCUT2D eigenvalue weighted by Crippen LogP contribution is 2.26. The number of carbonyl (C=O) groups excluding carboxylic acids is 1. The van der Waals surface area contributed by atoms with Crippen molar-refractivity contribution in [2.45, 2.75) is 25.4 Å². The van der Waals surface area contributed by atoms with Crippen molar-refractivity contribution in [1.82, 2.24) is 4.90 Å². The Bertz CT molecular complexity index is 664. The van der Waals surface area contributed by atoms with Crippen LogP contribution < -0.4 is 4.74 Å². The average Bonchev–Trinajstić information content (AvgIpc) is 2.52. The summed E-state index contributed by atoms with van der Waals surface area (Å²) < 4.78 is 33.2. The van der Waals surface area contributed by atoms with Gasteiger partial charge in [-0.25, -0.2) is 9.18 Å². The number of hydrogen-bond donors (Lipinski definition) is 1. The number of rotatable bonds is 4. The van der Waals surface area contributed by atoms with Gasteiger partial charge in [0.1, 0.15) is 6.10 Å². The fourth-order valence-corrected chi connectivity index (χ4v) is 2.35. The molecule has 0 radical (unpaired) electrons. The van der Waals surface area contributed by atoms with Gasteiger partial charge in [-0.3, -0.25) is 4.79 Å². The first-order valence-electron chi connectivity index (χ1n) is 6.96. The first kappa shape index (κ1) is 16.7. The summed E-state index contributed by atoms with van der Waals surface area (Å²) in [7, 11) is 0. The number of nitriles is 1. The van der Waals surface area contributed by atoms with Crippen LogP contribution in [0, 0.1) is 23.0 Å². The summed E-state index contributed by atoms with van der Waals surface area (Å²) in [5, 5.41) is 17.3. The average molecular weight is 324 g/mol. The van der Waals surface area contributed by atoms with Crippen molar-refractivity contribution in [2.75, 3.05) is 13.1 Å². The van der Waals surface area contributed by atoms with Crippen molar-refractivity contribution >= 4 is 11.9 Å². The number of halogens is 2. The predicted molar refractivity (Wildman–Crippen MR) is 74.2 cm³/mol. The Balaban J connectivity index is 2.07. The minimum atomic E-state index is -1.34. The van der Waals surface area contributed by atoms with Crippen molar-refractivity contribution in [3.63, 3.8) is 0 Å². The quantitative estimate of drug-likeness (QED) is 0.860. The Hall–Kier alpha value is -2.69. The van der Waals surface area contributed by atoms with E-state index in [4.69, 9.17) is 15.1 Å². The zero-order valence-electron chi connectivity index (χ0n) is 12.1. The molecule has 0 atom stereocenters. The van der Waals surface area contributed by atoms with Crippen LogP contribution in [0.25, 0.3) is 0 Å². The Morgan fingerprint density at radius 2 is 1.96 bits per heavy atom. The lowest BCUT2D eigenvalue weighted by molar-refractivity contribution is 0.0868. The lowest BCUT2D eigenvalue weighted by Crippen LogP contribution is -2.41. The Labute approximate surface area is 130 Å². The van der Waals surface area contributed by atoms with Crippen molar-refractivity contribution < 1.29 is 28.2 Å². The lowest BCUT2D eigenvalue weighted by atomic mass is 10.1. The molecule has 23 heavy (non-hydrogen) atoms. The maximum Gasteiger partial charge on any atom is 0.407 e. The molecule has 1 amide bonds. The SMILES string of the molecule is N#CCC(=O)c1ccc(OC2CCN(C(=O)O)CC2)c(F)c1F. The molecule has 0 aliphatic carbocycles. The fourth-order valence-electron chi connectivity index (χ4n) is 2.35. The van der Waals surface area contributed by atoms with Crippen molar-refractivity contribution in [3.8, 4) is 11.8 Å². The topological polar surface area (TPSA) is 90.6 Å². The van der Waals surface area contributed by atoms with Gasteiger partial charge in [0.15, 0.2) is 17.3 Å². The van der Waals surface area contributed by atoms with Gasteiger partial charge in [-0.1, -0.05) is 0 Å². The van der Waals surface area contributed by atoms with E-state index in [1.54, 1.807) is 6.07 Å². The highest BCUT2D eigenvalue weighted by molar-refractivity contribution is 5.97. The Morgan fingerprint density at radius 1 is 1.30 bits per heavy atom. The number of benzene rings is 1.